The minimum atomic E-state index is -0.319. The van der Waals surface area contributed by atoms with Crippen LogP contribution in [-0.2, 0) is 9.53 Å². The van der Waals surface area contributed by atoms with Gasteiger partial charge in [0.2, 0.25) is 0 Å². The second-order valence-electron chi connectivity index (χ2n) is 3.39. The summed E-state index contributed by atoms with van der Waals surface area (Å²) in [5.74, 6) is -0.319. The summed E-state index contributed by atoms with van der Waals surface area (Å²) >= 11 is 9.27. The molecule has 0 spiro atoms. The molecule has 0 fully saturated rings. The minimum Gasteiger partial charge on any atom is -0.466 e. The van der Waals surface area contributed by atoms with Gasteiger partial charge in [0, 0.05) is 22.3 Å². The van der Waals surface area contributed by atoms with Crippen LogP contribution in [0.4, 0.5) is 5.69 Å². The van der Waals surface area contributed by atoms with Gasteiger partial charge in [0.25, 0.3) is 0 Å². The predicted octanol–water partition coefficient (Wildman–Crippen LogP) is 3.63. The zero-order valence-corrected chi connectivity index (χ0v) is 11.9. The fraction of sp³-hybridized carbons (Fsp3) is 0.250. The van der Waals surface area contributed by atoms with Crippen LogP contribution in [0.2, 0.25) is 5.02 Å². The topological polar surface area (TPSA) is 38.3 Å². The van der Waals surface area contributed by atoms with Crippen molar-refractivity contribution in [2.24, 2.45) is 0 Å². The first-order valence-electron chi connectivity index (χ1n) is 4.98. The lowest BCUT2D eigenvalue weighted by molar-refractivity contribution is -0.136. The Morgan fingerprint density at radius 3 is 2.88 bits per heavy atom. The summed E-state index contributed by atoms with van der Waals surface area (Å²) < 4.78 is 5.44. The van der Waals surface area contributed by atoms with Gasteiger partial charge in [-0.2, -0.15) is 0 Å². The number of benzene rings is 1. The molecule has 0 aliphatic carbocycles. The number of nitrogens with one attached hydrogen (secondary N) is 1. The zero-order valence-electron chi connectivity index (χ0n) is 9.59. The molecule has 0 aliphatic heterocycles. The second kappa shape index (κ2) is 6.67. The van der Waals surface area contributed by atoms with E-state index in [1.165, 1.54) is 7.11 Å². The van der Waals surface area contributed by atoms with E-state index in [0.29, 0.717) is 17.1 Å². The molecule has 0 bridgehead atoms. The van der Waals surface area contributed by atoms with Gasteiger partial charge in [0.05, 0.1) is 12.1 Å². The fourth-order valence-electron chi connectivity index (χ4n) is 1.17. The molecule has 0 aromatic heterocycles. The lowest BCUT2D eigenvalue weighted by Crippen LogP contribution is -2.05. The first-order chi connectivity index (χ1) is 8.04. The molecule has 1 N–H and O–H groups in total. The molecular formula is C12H13BrClNO2. The van der Waals surface area contributed by atoms with Gasteiger partial charge in [0.1, 0.15) is 0 Å². The molecular weight excluding hydrogens is 305 g/mol. The van der Waals surface area contributed by atoms with Gasteiger partial charge in [-0.05, 0) is 41.1 Å². The smallest absolute Gasteiger partial charge is 0.333 e. The number of carbonyl (C=O) groups excluding carboxylic acids is 1. The van der Waals surface area contributed by atoms with Crippen LogP contribution < -0.4 is 5.32 Å². The highest BCUT2D eigenvalue weighted by Crippen LogP contribution is 2.25. The molecule has 1 aromatic rings. The van der Waals surface area contributed by atoms with E-state index in [2.05, 4.69) is 26.0 Å². The van der Waals surface area contributed by atoms with Crippen molar-refractivity contribution >= 4 is 39.2 Å². The highest BCUT2D eigenvalue weighted by Gasteiger charge is 2.02. The number of hydrogen-bond acceptors (Lipinski definition) is 3. The summed E-state index contributed by atoms with van der Waals surface area (Å²) in [7, 11) is 1.36. The second-order valence-corrected chi connectivity index (χ2v) is 4.65. The number of anilines is 1. The molecule has 0 heterocycles. The zero-order chi connectivity index (χ0) is 12.8. The van der Waals surface area contributed by atoms with Crippen molar-refractivity contribution in [3.05, 3.63) is 39.3 Å². The number of esters is 1. The summed E-state index contributed by atoms with van der Waals surface area (Å²) in [6, 6.07) is 5.58. The van der Waals surface area contributed by atoms with Crippen molar-refractivity contribution in [3.8, 4) is 0 Å². The van der Waals surface area contributed by atoms with Gasteiger partial charge >= 0.3 is 5.97 Å². The normalized spacial score (nSPS) is 11.2. The third-order valence-electron chi connectivity index (χ3n) is 2.14. The average Bonchev–Trinajstić information content (AvgIpc) is 2.32. The van der Waals surface area contributed by atoms with Gasteiger partial charge in [-0.25, -0.2) is 4.79 Å². The Bertz CT molecular complexity index is 446. The number of carbonyl (C=O) groups is 1. The van der Waals surface area contributed by atoms with Gasteiger partial charge in [-0.1, -0.05) is 17.7 Å². The first kappa shape index (κ1) is 14.1. The van der Waals surface area contributed by atoms with Crippen LogP contribution in [0.25, 0.3) is 0 Å². The number of hydrogen-bond donors (Lipinski definition) is 1. The van der Waals surface area contributed by atoms with E-state index in [-0.39, 0.29) is 5.97 Å². The van der Waals surface area contributed by atoms with Crippen LogP contribution in [0.5, 0.6) is 0 Å². The molecule has 0 radical (unpaired) electrons. The van der Waals surface area contributed by atoms with Gasteiger partial charge < -0.3 is 10.1 Å². The summed E-state index contributed by atoms with van der Waals surface area (Å²) in [5.41, 5.74) is 1.47. The number of rotatable bonds is 4. The van der Waals surface area contributed by atoms with Crippen molar-refractivity contribution < 1.29 is 9.53 Å². The summed E-state index contributed by atoms with van der Waals surface area (Å²) in [5, 5.41) is 3.78. The Morgan fingerprint density at radius 1 is 1.59 bits per heavy atom. The molecule has 1 aromatic carbocycles. The molecule has 17 heavy (non-hydrogen) atoms. The monoisotopic (exact) mass is 317 g/mol. The Labute approximate surface area is 114 Å². The largest absolute Gasteiger partial charge is 0.466 e. The number of methoxy groups -OCH3 is 1. The van der Waals surface area contributed by atoms with Crippen LogP contribution in [0.3, 0.4) is 0 Å². The van der Waals surface area contributed by atoms with Gasteiger partial charge in [-0.3, -0.25) is 0 Å². The minimum absolute atomic E-state index is 0.319. The molecule has 0 unspecified atom stereocenters. The summed E-state index contributed by atoms with van der Waals surface area (Å²) in [4.78, 5) is 11.1. The molecule has 3 nitrogen and oxygen atoms in total. The number of ether oxygens (including phenoxy) is 1. The highest BCUT2D eigenvalue weighted by molar-refractivity contribution is 9.10. The number of halogens is 2. The van der Waals surface area contributed by atoms with E-state index >= 15 is 0 Å². The molecule has 0 saturated carbocycles. The molecule has 0 saturated heterocycles. The van der Waals surface area contributed by atoms with E-state index in [1.54, 1.807) is 13.0 Å². The van der Waals surface area contributed by atoms with E-state index in [0.717, 1.165) is 10.2 Å². The van der Waals surface area contributed by atoms with Gasteiger partial charge in [0.15, 0.2) is 0 Å². The maximum absolute atomic E-state index is 11.1. The predicted molar refractivity (Wildman–Crippen MR) is 73.4 cm³/mol. The SMILES string of the molecule is COC(=O)/C(C)=C/CNc1ccc(Br)c(Cl)c1. The van der Waals surface area contributed by atoms with E-state index in [9.17, 15) is 4.79 Å². The molecule has 0 amide bonds. The van der Waals surface area contributed by atoms with Crippen molar-refractivity contribution in [1.29, 1.82) is 0 Å². The van der Waals surface area contributed by atoms with Crippen molar-refractivity contribution in [2.75, 3.05) is 19.0 Å². The summed E-state index contributed by atoms with van der Waals surface area (Å²) in [6.45, 7) is 2.25. The van der Waals surface area contributed by atoms with Crippen molar-refractivity contribution in [2.45, 2.75) is 6.92 Å². The third-order valence-corrected chi connectivity index (χ3v) is 3.37. The van der Waals surface area contributed by atoms with Crippen LogP contribution in [-0.4, -0.2) is 19.6 Å². The van der Waals surface area contributed by atoms with Gasteiger partial charge in [-0.15, -0.1) is 0 Å². The van der Waals surface area contributed by atoms with Crippen LogP contribution in [0.15, 0.2) is 34.3 Å². The van der Waals surface area contributed by atoms with Crippen molar-refractivity contribution in [1.82, 2.24) is 0 Å². The highest BCUT2D eigenvalue weighted by atomic mass is 79.9. The maximum Gasteiger partial charge on any atom is 0.333 e. The van der Waals surface area contributed by atoms with Crippen molar-refractivity contribution in [3.63, 3.8) is 0 Å². The Balaban J connectivity index is 2.56. The van der Waals surface area contributed by atoms with Crippen LogP contribution in [0.1, 0.15) is 6.92 Å². The quantitative estimate of drug-likeness (QED) is 0.680. The average molecular weight is 319 g/mol. The standard InChI is InChI=1S/C12H13BrClNO2/c1-8(12(16)17-2)5-6-15-9-3-4-10(13)11(14)7-9/h3-5,7,15H,6H2,1-2H3/b8-5+. The first-order valence-corrected chi connectivity index (χ1v) is 6.15. The lowest BCUT2D eigenvalue weighted by Gasteiger charge is -2.05. The Kier molecular flexibility index (Phi) is 5.51. The lowest BCUT2D eigenvalue weighted by atomic mass is 10.2. The Morgan fingerprint density at radius 2 is 2.29 bits per heavy atom. The molecule has 92 valence electrons. The molecule has 0 aliphatic rings. The van der Waals surface area contributed by atoms with Crippen LogP contribution >= 0.6 is 27.5 Å². The Hall–Kier alpha value is -1.000. The van der Waals surface area contributed by atoms with Crippen LogP contribution in [0, 0.1) is 0 Å². The maximum atomic E-state index is 11.1. The van der Waals surface area contributed by atoms with E-state index in [4.69, 9.17) is 11.6 Å². The fourth-order valence-corrected chi connectivity index (χ4v) is 1.60. The molecule has 5 heteroatoms. The summed E-state index contributed by atoms with van der Waals surface area (Å²) in [6.07, 6.45) is 1.77. The molecule has 1 rings (SSSR count). The van der Waals surface area contributed by atoms with E-state index in [1.807, 2.05) is 18.2 Å². The van der Waals surface area contributed by atoms with E-state index < -0.39 is 0 Å². The molecule has 0 atom stereocenters. The third kappa shape index (κ3) is 4.40.